The number of aryl methyl sites for hydroxylation is 1. The Morgan fingerprint density at radius 1 is 1.14 bits per heavy atom. The Hall–Kier alpha value is -2.07. The van der Waals surface area contributed by atoms with Crippen LogP contribution in [0.15, 0.2) is 59.2 Å². The van der Waals surface area contributed by atoms with E-state index in [1.807, 2.05) is 35.1 Å². The number of nitrogen functional groups attached to an aromatic ring is 1. The van der Waals surface area contributed by atoms with Gasteiger partial charge in [-0.1, -0.05) is 57.9 Å². The van der Waals surface area contributed by atoms with Crippen LogP contribution >= 0.6 is 15.9 Å². The first-order valence-electron chi connectivity index (χ1n) is 6.76. The zero-order valence-corrected chi connectivity index (χ0v) is 13.3. The Kier molecular flexibility index (Phi) is 3.80. The second-order valence-corrected chi connectivity index (χ2v) is 6.04. The van der Waals surface area contributed by atoms with Gasteiger partial charge < -0.3 is 5.73 Å². The van der Waals surface area contributed by atoms with Gasteiger partial charge in [-0.25, -0.2) is 0 Å². The molecule has 1 heterocycles. The fraction of sp³-hybridized carbons (Fsp3) is 0.118. The monoisotopic (exact) mass is 341 g/mol. The van der Waals surface area contributed by atoms with Gasteiger partial charge in [0.25, 0.3) is 0 Å². The zero-order valence-electron chi connectivity index (χ0n) is 11.8. The highest BCUT2D eigenvalue weighted by Crippen LogP contribution is 2.25. The van der Waals surface area contributed by atoms with E-state index in [4.69, 9.17) is 5.73 Å². The molecule has 2 aromatic carbocycles. The van der Waals surface area contributed by atoms with Gasteiger partial charge >= 0.3 is 0 Å². The number of nitrogens with two attached hydrogens (primary N) is 1. The molecule has 3 rings (SSSR count). The molecule has 1 aromatic heterocycles. The maximum atomic E-state index is 6.10. The fourth-order valence-electron chi connectivity index (χ4n) is 2.35. The second kappa shape index (κ2) is 5.74. The van der Waals surface area contributed by atoms with Gasteiger partial charge in [0.1, 0.15) is 5.69 Å². The topological polar surface area (TPSA) is 43.8 Å². The van der Waals surface area contributed by atoms with Crippen LogP contribution in [0, 0.1) is 6.92 Å². The van der Waals surface area contributed by atoms with Crippen molar-refractivity contribution in [3.8, 4) is 11.3 Å². The highest BCUT2D eigenvalue weighted by molar-refractivity contribution is 9.10. The molecule has 3 nitrogen and oxygen atoms in total. The number of rotatable bonds is 3. The molecular weight excluding hydrogens is 326 g/mol. The third-order valence-corrected chi connectivity index (χ3v) is 3.86. The lowest BCUT2D eigenvalue weighted by Gasteiger charge is -2.03. The minimum absolute atomic E-state index is 0.699. The molecule has 0 aliphatic carbocycles. The predicted molar refractivity (Wildman–Crippen MR) is 90.1 cm³/mol. The van der Waals surface area contributed by atoms with E-state index in [1.54, 1.807) is 0 Å². The first kappa shape index (κ1) is 13.9. The lowest BCUT2D eigenvalue weighted by molar-refractivity contribution is 0.689. The number of halogens is 1. The van der Waals surface area contributed by atoms with Gasteiger partial charge in [0.05, 0.1) is 12.2 Å². The molecule has 106 valence electrons. The van der Waals surface area contributed by atoms with Gasteiger partial charge in [0, 0.05) is 16.2 Å². The van der Waals surface area contributed by atoms with Crippen LogP contribution < -0.4 is 5.73 Å². The molecule has 3 aromatic rings. The van der Waals surface area contributed by atoms with Gasteiger partial charge in [-0.2, -0.15) is 5.10 Å². The van der Waals surface area contributed by atoms with Gasteiger partial charge in [0.15, 0.2) is 0 Å². The van der Waals surface area contributed by atoms with Crippen molar-refractivity contribution in [3.05, 3.63) is 70.3 Å². The van der Waals surface area contributed by atoms with Gasteiger partial charge in [-0.05, 0) is 24.6 Å². The van der Waals surface area contributed by atoms with Gasteiger partial charge in [0.2, 0.25) is 0 Å². The molecule has 0 aliphatic rings. The number of hydrogen-bond acceptors (Lipinski definition) is 2. The molecule has 0 fully saturated rings. The van der Waals surface area contributed by atoms with Crippen molar-refractivity contribution < 1.29 is 0 Å². The molecule has 2 N–H and O–H groups in total. The summed E-state index contributed by atoms with van der Waals surface area (Å²) in [5.41, 5.74) is 11.1. The Morgan fingerprint density at radius 2 is 1.90 bits per heavy atom. The van der Waals surface area contributed by atoms with Crippen molar-refractivity contribution in [1.82, 2.24) is 9.78 Å². The summed E-state index contributed by atoms with van der Waals surface area (Å²) < 4.78 is 2.94. The number of hydrogen-bond donors (Lipinski definition) is 1. The summed E-state index contributed by atoms with van der Waals surface area (Å²) >= 11 is 3.44. The van der Waals surface area contributed by atoms with Crippen molar-refractivity contribution >= 4 is 21.6 Å². The number of anilines is 1. The van der Waals surface area contributed by atoms with E-state index in [2.05, 4.69) is 52.2 Å². The van der Waals surface area contributed by atoms with Crippen molar-refractivity contribution in [2.24, 2.45) is 0 Å². The van der Waals surface area contributed by atoms with Crippen LogP contribution in [0.25, 0.3) is 11.3 Å². The fourth-order valence-corrected chi connectivity index (χ4v) is 2.61. The quantitative estimate of drug-likeness (QED) is 0.773. The minimum atomic E-state index is 0.699. The summed E-state index contributed by atoms with van der Waals surface area (Å²) in [4.78, 5) is 0. The second-order valence-electron chi connectivity index (χ2n) is 5.13. The van der Waals surface area contributed by atoms with E-state index >= 15 is 0 Å². The summed E-state index contributed by atoms with van der Waals surface area (Å²) in [7, 11) is 0. The number of nitrogens with zero attached hydrogens (tertiary/aromatic N) is 2. The predicted octanol–water partition coefficient (Wildman–Crippen LogP) is 4.25. The lowest BCUT2D eigenvalue weighted by atomic mass is 10.1. The summed E-state index contributed by atoms with van der Waals surface area (Å²) in [5, 5.41) is 4.61. The third-order valence-electron chi connectivity index (χ3n) is 3.33. The van der Waals surface area contributed by atoms with Crippen LogP contribution in [0.3, 0.4) is 0 Å². The molecule has 4 heteroatoms. The van der Waals surface area contributed by atoms with Gasteiger partial charge in [-0.3, -0.25) is 4.68 Å². The van der Waals surface area contributed by atoms with Gasteiger partial charge in [-0.15, -0.1) is 0 Å². The highest BCUT2D eigenvalue weighted by Gasteiger charge is 2.09. The van der Waals surface area contributed by atoms with Crippen LogP contribution in [-0.4, -0.2) is 9.78 Å². The average Bonchev–Trinajstić information content (AvgIpc) is 2.80. The first-order valence-corrected chi connectivity index (χ1v) is 7.55. The van der Waals surface area contributed by atoms with E-state index < -0.39 is 0 Å². The molecule has 0 saturated heterocycles. The summed E-state index contributed by atoms with van der Waals surface area (Å²) in [6.07, 6.45) is 1.89. The molecule has 0 saturated carbocycles. The highest BCUT2D eigenvalue weighted by atomic mass is 79.9. The van der Waals surface area contributed by atoms with E-state index in [9.17, 15) is 0 Å². The summed E-state index contributed by atoms with van der Waals surface area (Å²) in [5.74, 6) is 0. The molecule has 0 atom stereocenters. The number of aromatic nitrogens is 2. The number of benzene rings is 2. The lowest BCUT2D eigenvalue weighted by Crippen LogP contribution is -2.00. The zero-order chi connectivity index (χ0) is 14.8. The Morgan fingerprint density at radius 3 is 2.62 bits per heavy atom. The van der Waals surface area contributed by atoms with Crippen molar-refractivity contribution in [3.63, 3.8) is 0 Å². The Labute approximate surface area is 132 Å². The van der Waals surface area contributed by atoms with Crippen molar-refractivity contribution in [1.29, 1.82) is 0 Å². The van der Waals surface area contributed by atoms with E-state index in [0.717, 1.165) is 22.3 Å². The van der Waals surface area contributed by atoms with E-state index in [-0.39, 0.29) is 0 Å². The molecule has 0 unspecified atom stereocenters. The summed E-state index contributed by atoms with van der Waals surface area (Å²) in [6.45, 7) is 2.82. The smallest absolute Gasteiger partial charge is 0.115 e. The molecule has 0 bridgehead atoms. The van der Waals surface area contributed by atoms with Crippen LogP contribution in [-0.2, 0) is 6.54 Å². The van der Waals surface area contributed by atoms with Crippen LogP contribution in [0.4, 0.5) is 5.69 Å². The largest absolute Gasteiger partial charge is 0.396 e. The molecule has 0 spiro atoms. The minimum Gasteiger partial charge on any atom is -0.396 e. The van der Waals surface area contributed by atoms with E-state index in [0.29, 0.717) is 5.69 Å². The molecule has 0 amide bonds. The van der Waals surface area contributed by atoms with E-state index in [1.165, 1.54) is 11.1 Å². The molecule has 0 radical (unpaired) electrons. The first-order chi connectivity index (χ1) is 10.1. The molecule has 0 aliphatic heterocycles. The van der Waals surface area contributed by atoms with Crippen LogP contribution in [0.1, 0.15) is 11.1 Å². The maximum Gasteiger partial charge on any atom is 0.115 e. The standard InChI is InChI=1S/C17H16BrN3/c1-12-3-2-4-13(9-12)10-21-11-16(19)17(20-21)14-5-7-15(18)8-6-14/h2-9,11H,10,19H2,1H3. The van der Waals surface area contributed by atoms with Crippen molar-refractivity contribution in [2.75, 3.05) is 5.73 Å². The molecular formula is C17H16BrN3. The average molecular weight is 342 g/mol. The SMILES string of the molecule is Cc1cccc(Cn2cc(N)c(-c3ccc(Br)cc3)n2)c1. The Balaban J connectivity index is 1.89. The normalized spacial score (nSPS) is 10.8. The third kappa shape index (κ3) is 3.16. The Bertz CT molecular complexity index is 760. The van der Waals surface area contributed by atoms with Crippen LogP contribution in [0.2, 0.25) is 0 Å². The van der Waals surface area contributed by atoms with Crippen molar-refractivity contribution in [2.45, 2.75) is 13.5 Å². The summed E-state index contributed by atoms with van der Waals surface area (Å²) in [6, 6.07) is 16.4. The molecule has 21 heavy (non-hydrogen) atoms. The van der Waals surface area contributed by atoms with Crippen LogP contribution in [0.5, 0.6) is 0 Å². The maximum absolute atomic E-state index is 6.10.